The lowest BCUT2D eigenvalue weighted by molar-refractivity contribution is -0.161. The summed E-state index contributed by atoms with van der Waals surface area (Å²) in [6.07, 6.45) is 1.10. The lowest BCUT2D eigenvalue weighted by Gasteiger charge is -2.25. The van der Waals surface area contributed by atoms with Gasteiger partial charge in [-0.3, -0.25) is 9.59 Å². The van der Waals surface area contributed by atoms with Gasteiger partial charge in [0.15, 0.2) is 6.10 Å². The Labute approximate surface area is 174 Å². The highest BCUT2D eigenvalue weighted by Gasteiger charge is 2.31. The van der Waals surface area contributed by atoms with E-state index in [2.05, 4.69) is 26.1 Å². The average molecular weight is 403 g/mol. The molecular weight excluding hydrogens is 368 g/mol. The number of esters is 1. The molecule has 0 unspecified atom stereocenters. The van der Waals surface area contributed by atoms with Crippen molar-refractivity contribution in [2.45, 2.75) is 71.9 Å². The van der Waals surface area contributed by atoms with Gasteiger partial charge >= 0.3 is 5.97 Å². The van der Waals surface area contributed by atoms with Gasteiger partial charge in [0.2, 0.25) is 0 Å². The smallest absolute Gasteiger partial charge is 0.329 e. The number of ether oxygens (including phenoxy) is 1. The molecule has 0 bridgehead atoms. The van der Waals surface area contributed by atoms with Crippen molar-refractivity contribution in [3.8, 4) is 0 Å². The van der Waals surface area contributed by atoms with Gasteiger partial charge in [0.1, 0.15) is 6.04 Å². The molecule has 1 aromatic rings. The third-order valence-corrected chi connectivity index (χ3v) is 5.28. The molecule has 0 spiro atoms. The van der Waals surface area contributed by atoms with E-state index in [0.717, 1.165) is 18.4 Å². The third kappa shape index (κ3) is 6.05. The van der Waals surface area contributed by atoms with Crippen LogP contribution in [0.2, 0.25) is 0 Å². The molecule has 1 fully saturated rings. The molecule has 1 N–H and O–H groups in total. The summed E-state index contributed by atoms with van der Waals surface area (Å²) in [5.74, 6) is -1.27. The highest BCUT2D eigenvalue weighted by molar-refractivity contribution is 5.97. The van der Waals surface area contributed by atoms with Crippen molar-refractivity contribution < 1.29 is 19.1 Å². The molecule has 0 aromatic heterocycles. The molecule has 1 heterocycles. The Morgan fingerprint density at radius 2 is 1.55 bits per heavy atom. The van der Waals surface area contributed by atoms with Gasteiger partial charge in [-0.05, 0) is 48.8 Å². The first-order valence-corrected chi connectivity index (χ1v) is 10.4. The number of benzene rings is 1. The fraction of sp³-hybridized carbons (Fsp3) is 0.609. The first kappa shape index (κ1) is 22.9. The number of hydrogen-bond acceptors (Lipinski definition) is 4. The second-order valence-electron chi connectivity index (χ2n) is 9.13. The quantitative estimate of drug-likeness (QED) is 0.741. The SMILES string of the molecule is CC(C)[C@H](NC(=O)c1ccc(C(C)(C)C)cc1)C(=O)O[C@H](C)C(=O)N1CCCC1. The summed E-state index contributed by atoms with van der Waals surface area (Å²) in [5, 5.41) is 2.77. The minimum absolute atomic E-state index is 0.00268. The third-order valence-electron chi connectivity index (χ3n) is 5.28. The van der Waals surface area contributed by atoms with Gasteiger partial charge < -0.3 is 15.0 Å². The molecule has 1 saturated heterocycles. The van der Waals surface area contributed by atoms with Gasteiger partial charge in [0, 0.05) is 18.7 Å². The predicted molar refractivity (Wildman–Crippen MR) is 113 cm³/mol. The van der Waals surface area contributed by atoms with E-state index >= 15 is 0 Å². The van der Waals surface area contributed by atoms with E-state index in [1.165, 1.54) is 0 Å². The van der Waals surface area contributed by atoms with Crippen molar-refractivity contribution in [1.29, 1.82) is 0 Å². The summed E-state index contributed by atoms with van der Waals surface area (Å²) in [5.41, 5.74) is 1.61. The van der Waals surface area contributed by atoms with Gasteiger partial charge in [0.25, 0.3) is 11.8 Å². The summed E-state index contributed by atoms with van der Waals surface area (Å²) in [6.45, 7) is 13.0. The van der Waals surface area contributed by atoms with Gasteiger partial charge in [-0.2, -0.15) is 0 Å². The Morgan fingerprint density at radius 1 is 1.00 bits per heavy atom. The molecule has 2 rings (SSSR count). The molecular formula is C23H34N2O4. The second kappa shape index (κ2) is 9.42. The van der Waals surface area contributed by atoms with Gasteiger partial charge in [0.05, 0.1) is 0 Å². The molecule has 0 radical (unpaired) electrons. The lowest BCUT2D eigenvalue weighted by Crippen LogP contribution is -2.48. The largest absolute Gasteiger partial charge is 0.451 e. The number of carbonyl (C=O) groups excluding carboxylic acids is 3. The van der Waals surface area contributed by atoms with Crippen LogP contribution < -0.4 is 5.32 Å². The minimum atomic E-state index is -0.857. The van der Waals surface area contributed by atoms with E-state index in [1.807, 2.05) is 26.0 Å². The van der Waals surface area contributed by atoms with Crippen LogP contribution in [0.5, 0.6) is 0 Å². The Balaban J connectivity index is 2.01. The Morgan fingerprint density at radius 3 is 2.03 bits per heavy atom. The molecule has 2 atom stereocenters. The Hall–Kier alpha value is -2.37. The van der Waals surface area contributed by atoms with Crippen molar-refractivity contribution in [3.05, 3.63) is 35.4 Å². The summed E-state index contributed by atoms with van der Waals surface area (Å²) in [6, 6.07) is 6.55. The lowest BCUT2D eigenvalue weighted by atomic mass is 9.86. The Kier molecular flexibility index (Phi) is 7.44. The van der Waals surface area contributed by atoms with Crippen molar-refractivity contribution in [3.63, 3.8) is 0 Å². The standard InChI is InChI=1S/C23H34N2O4/c1-15(2)19(22(28)29-16(3)21(27)25-13-7-8-14-25)24-20(26)17-9-11-18(12-10-17)23(4,5)6/h9-12,15-16,19H,7-8,13-14H2,1-6H3,(H,24,26)/t16-,19+/m1/s1. The number of likely N-dealkylation sites (tertiary alicyclic amines) is 1. The highest BCUT2D eigenvalue weighted by atomic mass is 16.5. The first-order valence-electron chi connectivity index (χ1n) is 10.4. The van der Waals surface area contributed by atoms with Crippen LogP contribution in [0, 0.1) is 5.92 Å². The van der Waals surface area contributed by atoms with E-state index in [-0.39, 0.29) is 23.1 Å². The van der Waals surface area contributed by atoms with Crippen molar-refractivity contribution in [2.24, 2.45) is 5.92 Å². The predicted octanol–water partition coefficient (Wildman–Crippen LogP) is 3.29. The minimum Gasteiger partial charge on any atom is -0.451 e. The number of hydrogen-bond donors (Lipinski definition) is 1. The van der Waals surface area contributed by atoms with Crippen LogP contribution in [0.4, 0.5) is 0 Å². The fourth-order valence-electron chi connectivity index (χ4n) is 3.34. The van der Waals surface area contributed by atoms with Crippen molar-refractivity contribution in [1.82, 2.24) is 10.2 Å². The molecule has 1 aromatic carbocycles. The van der Waals surface area contributed by atoms with Gasteiger partial charge in [-0.1, -0.05) is 46.8 Å². The molecule has 1 aliphatic heterocycles. The molecule has 6 nitrogen and oxygen atoms in total. The summed E-state index contributed by atoms with van der Waals surface area (Å²) in [4.78, 5) is 39.4. The molecule has 29 heavy (non-hydrogen) atoms. The fourth-order valence-corrected chi connectivity index (χ4v) is 3.34. The van der Waals surface area contributed by atoms with Crippen LogP contribution in [0.1, 0.15) is 70.3 Å². The summed E-state index contributed by atoms with van der Waals surface area (Å²) < 4.78 is 5.40. The number of nitrogens with zero attached hydrogens (tertiary/aromatic N) is 1. The van der Waals surface area contributed by atoms with E-state index in [0.29, 0.717) is 18.7 Å². The topological polar surface area (TPSA) is 75.7 Å². The number of carbonyl (C=O) groups is 3. The number of nitrogens with one attached hydrogen (secondary N) is 1. The molecule has 0 saturated carbocycles. The van der Waals surface area contributed by atoms with Crippen LogP contribution in [0.25, 0.3) is 0 Å². The normalized spacial score (nSPS) is 16.4. The zero-order valence-corrected chi connectivity index (χ0v) is 18.5. The van der Waals surface area contributed by atoms with Crippen LogP contribution in [-0.4, -0.2) is 47.9 Å². The van der Waals surface area contributed by atoms with Crippen LogP contribution in [0.3, 0.4) is 0 Å². The van der Waals surface area contributed by atoms with Crippen molar-refractivity contribution >= 4 is 17.8 Å². The molecule has 160 valence electrons. The summed E-state index contributed by atoms with van der Waals surface area (Å²) in [7, 11) is 0. The maximum absolute atomic E-state index is 12.7. The second-order valence-corrected chi connectivity index (χ2v) is 9.13. The van der Waals surface area contributed by atoms with Gasteiger partial charge in [-0.25, -0.2) is 4.79 Å². The van der Waals surface area contributed by atoms with Gasteiger partial charge in [-0.15, -0.1) is 0 Å². The van der Waals surface area contributed by atoms with Crippen LogP contribution in [-0.2, 0) is 19.7 Å². The zero-order valence-electron chi connectivity index (χ0n) is 18.5. The number of rotatable bonds is 6. The highest BCUT2D eigenvalue weighted by Crippen LogP contribution is 2.22. The Bertz CT molecular complexity index is 728. The molecule has 6 heteroatoms. The van der Waals surface area contributed by atoms with E-state index in [1.54, 1.807) is 24.0 Å². The average Bonchev–Trinajstić information content (AvgIpc) is 3.18. The zero-order chi connectivity index (χ0) is 21.8. The van der Waals surface area contributed by atoms with E-state index in [4.69, 9.17) is 4.74 Å². The molecule has 2 amide bonds. The molecule has 0 aliphatic carbocycles. The summed E-state index contributed by atoms with van der Waals surface area (Å²) >= 11 is 0. The van der Waals surface area contributed by atoms with E-state index < -0.39 is 18.1 Å². The monoisotopic (exact) mass is 402 g/mol. The molecule has 1 aliphatic rings. The first-order chi connectivity index (χ1) is 13.5. The van der Waals surface area contributed by atoms with Crippen LogP contribution in [0.15, 0.2) is 24.3 Å². The van der Waals surface area contributed by atoms with Crippen LogP contribution >= 0.6 is 0 Å². The van der Waals surface area contributed by atoms with Crippen molar-refractivity contribution in [2.75, 3.05) is 13.1 Å². The maximum Gasteiger partial charge on any atom is 0.329 e. The number of amides is 2. The van der Waals surface area contributed by atoms with E-state index in [9.17, 15) is 14.4 Å². The maximum atomic E-state index is 12.7.